The van der Waals surface area contributed by atoms with E-state index < -0.39 is 20.0 Å². The fourth-order valence-electron chi connectivity index (χ4n) is 7.51. The largest absolute Gasteiger partial charge is 0.472 e. The van der Waals surface area contributed by atoms with Crippen molar-refractivity contribution in [3.63, 3.8) is 0 Å². The van der Waals surface area contributed by atoms with Gasteiger partial charge in [-0.1, -0.05) is 231 Å². The van der Waals surface area contributed by atoms with Gasteiger partial charge in [-0.25, -0.2) is 4.57 Å². The first-order valence-corrected chi connectivity index (χ1v) is 26.6. The number of quaternary nitrogens is 1. The molecule has 346 valence electrons. The Morgan fingerprint density at radius 2 is 0.914 bits per heavy atom. The Bertz CT molecular complexity index is 958. The Hall–Kier alpha value is -0.760. The molecular weight excluding hydrogens is 744 g/mol. The monoisotopic (exact) mass is 844 g/mol. The van der Waals surface area contributed by atoms with Crippen LogP contribution < -0.4 is 5.32 Å². The first-order chi connectivity index (χ1) is 28.0. The summed E-state index contributed by atoms with van der Waals surface area (Å²) < 4.78 is 23.6. The van der Waals surface area contributed by atoms with Crippen molar-refractivity contribution in [3.8, 4) is 0 Å². The number of phosphoric acid groups is 1. The number of carbonyl (C=O) groups excluding carboxylic acids is 1. The van der Waals surface area contributed by atoms with E-state index in [1.165, 1.54) is 193 Å². The van der Waals surface area contributed by atoms with Crippen LogP contribution in [0.1, 0.15) is 245 Å². The summed E-state index contributed by atoms with van der Waals surface area (Å²) in [6, 6.07) is -0.840. The molecule has 0 aromatic heterocycles. The van der Waals surface area contributed by atoms with Crippen LogP contribution in [0.2, 0.25) is 0 Å². The Labute approximate surface area is 361 Å². The average Bonchev–Trinajstić information content (AvgIpc) is 3.17. The van der Waals surface area contributed by atoms with Crippen LogP contribution in [0.25, 0.3) is 0 Å². The fraction of sp³-hybridized carbons (Fsp3) is 0.939. The van der Waals surface area contributed by atoms with Gasteiger partial charge in [-0.2, -0.15) is 0 Å². The summed E-state index contributed by atoms with van der Waals surface area (Å²) >= 11 is 0. The zero-order valence-electron chi connectivity index (χ0n) is 39.3. The maximum atomic E-state index is 12.9. The molecule has 9 heteroatoms. The molecule has 58 heavy (non-hydrogen) atoms. The van der Waals surface area contributed by atoms with Crippen molar-refractivity contribution in [1.82, 2.24) is 5.32 Å². The van der Waals surface area contributed by atoms with Gasteiger partial charge in [0.15, 0.2) is 0 Å². The van der Waals surface area contributed by atoms with Gasteiger partial charge < -0.3 is 19.8 Å². The molecule has 3 N–H and O–H groups in total. The number of hydrogen-bond donors (Lipinski definition) is 3. The van der Waals surface area contributed by atoms with Crippen LogP contribution in [-0.4, -0.2) is 73.4 Å². The number of amides is 1. The molecule has 0 rings (SSSR count). The highest BCUT2D eigenvalue weighted by Gasteiger charge is 2.27. The summed E-state index contributed by atoms with van der Waals surface area (Å²) in [5, 5.41) is 13.9. The van der Waals surface area contributed by atoms with Crippen LogP contribution >= 0.6 is 7.82 Å². The molecule has 0 saturated carbocycles. The highest BCUT2D eigenvalue weighted by atomic mass is 31.2. The maximum absolute atomic E-state index is 12.9. The normalized spacial score (nSPS) is 14.3. The highest BCUT2D eigenvalue weighted by Crippen LogP contribution is 2.43. The number of hydrogen-bond acceptors (Lipinski definition) is 5. The first kappa shape index (κ1) is 57.2. The van der Waals surface area contributed by atoms with Gasteiger partial charge in [0.25, 0.3) is 0 Å². The minimum absolute atomic E-state index is 0.0649. The lowest BCUT2D eigenvalue weighted by molar-refractivity contribution is -0.870. The standard InChI is InChI=1S/C49H99N2O6P/c1-6-8-10-12-14-16-18-20-22-23-24-25-26-27-29-30-32-34-36-38-40-42-48(52)47(46-57-58(54,55)56-45-44-51(3,4)5)50-49(53)43-41-39-37-35-33-31-28-21-19-17-15-13-11-9-7-2/h40,42,47-48,52H,6-39,41,43-46H2,1-5H3,(H-,50,53,54,55)/p+1/b42-40+. The van der Waals surface area contributed by atoms with E-state index in [-0.39, 0.29) is 19.1 Å². The quantitative estimate of drug-likeness (QED) is 0.0244. The number of aliphatic hydroxyl groups excluding tert-OH is 1. The van der Waals surface area contributed by atoms with Crippen LogP contribution in [0.15, 0.2) is 12.2 Å². The maximum Gasteiger partial charge on any atom is 0.472 e. The van der Waals surface area contributed by atoms with Crippen LogP contribution in [0, 0.1) is 0 Å². The third-order valence-corrected chi connectivity index (χ3v) is 12.5. The van der Waals surface area contributed by atoms with E-state index in [4.69, 9.17) is 9.05 Å². The SMILES string of the molecule is CCCCCCCCCCCCCCCCCCCCC/C=C/C(O)C(COP(=O)(O)OCC[N+](C)(C)C)NC(=O)CCCCCCCCCCCCCCCCC. The molecule has 0 aliphatic rings. The zero-order chi connectivity index (χ0) is 42.8. The van der Waals surface area contributed by atoms with Crippen LogP contribution in [-0.2, 0) is 18.4 Å². The Morgan fingerprint density at radius 3 is 1.28 bits per heavy atom. The van der Waals surface area contributed by atoms with E-state index >= 15 is 0 Å². The van der Waals surface area contributed by atoms with E-state index in [1.54, 1.807) is 6.08 Å². The molecule has 3 atom stereocenters. The molecule has 0 aromatic carbocycles. The Kier molecular flexibility index (Phi) is 41.0. The van der Waals surface area contributed by atoms with Crippen molar-refractivity contribution in [3.05, 3.63) is 12.2 Å². The third-order valence-electron chi connectivity index (χ3n) is 11.5. The minimum Gasteiger partial charge on any atom is -0.387 e. The number of carbonyl (C=O) groups is 1. The molecule has 0 radical (unpaired) electrons. The molecule has 0 fully saturated rings. The molecule has 0 bridgehead atoms. The van der Waals surface area contributed by atoms with Crippen molar-refractivity contribution in [2.45, 2.75) is 257 Å². The topological polar surface area (TPSA) is 105 Å². The second-order valence-electron chi connectivity index (χ2n) is 18.6. The van der Waals surface area contributed by atoms with Gasteiger partial charge in [-0.3, -0.25) is 13.8 Å². The van der Waals surface area contributed by atoms with E-state index in [1.807, 2.05) is 27.2 Å². The number of nitrogens with zero attached hydrogens (tertiary/aromatic N) is 1. The molecular formula is C49H100N2O6P+. The van der Waals surface area contributed by atoms with Gasteiger partial charge in [0, 0.05) is 6.42 Å². The Balaban J connectivity index is 4.29. The summed E-state index contributed by atoms with van der Waals surface area (Å²) in [5.41, 5.74) is 0. The van der Waals surface area contributed by atoms with Crippen LogP contribution in [0.4, 0.5) is 0 Å². The van der Waals surface area contributed by atoms with Crippen molar-refractivity contribution in [1.29, 1.82) is 0 Å². The Morgan fingerprint density at radius 1 is 0.569 bits per heavy atom. The number of aliphatic hydroxyl groups is 1. The van der Waals surface area contributed by atoms with Crippen LogP contribution in [0.5, 0.6) is 0 Å². The fourth-order valence-corrected chi connectivity index (χ4v) is 8.25. The van der Waals surface area contributed by atoms with E-state index in [2.05, 4.69) is 19.2 Å². The second kappa shape index (κ2) is 41.6. The highest BCUT2D eigenvalue weighted by molar-refractivity contribution is 7.47. The lowest BCUT2D eigenvalue weighted by Gasteiger charge is -2.25. The molecule has 0 spiro atoms. The summed E-state index contributed by atoms with van der Waals surface area (Å²) in [6.45, 7) is 4.85. The summed E-state index contributed by atoms with van der Waals surface area (Å²) in [7, 11) is 1.59. The van der Waals surface area contributed by atoms with Gasteiger partial charge in [0.05, 0.1) is 39.9 Å². The first-order valence-electron chi connectivity index (χ1n) is 25.1. The summed E-state index contributed by atoms with van der Waals surface area (Å²) in [6.07, 6.45) is 48.5. The van der Waals surface area contributed by atoms with Crippen molar-refractivity contribution in [2.24, 2.45) is 0 Å². The minimum atomic E-state index is -4.33. The van der Waals surface area contributed by atoms with Gasteiger partial charge in [-0.15, -0.1) is 0 Å². The van der Waals surface area contributed by atoms with E-state index in [9.17, 15) is 19.4 Å². The van der Waals surface area contributed by atoms with Crippen LogP contribution in [0.3, 0.4) is 0 Å². The average molecular weight is 844 g/mol. The van der Waals surface area contributed by atoms with Crippen molar-refractivity contribution < 1.29 is 32.9 Å². The summed E-state index contributed by atoms with van der Waals surface area (Å²) in [4.78, 5) is 23.2. The van der Waals surface area contributed by atoms with Gasteiger partial charge in [-0.05, 0) is 19.3 Å². The smallest absolute Gasteiger partial charge is 0.387 e. The second-order valence-corrected chi connectivity index (χ2v) is 20.0. The van der Waals surface area contributed by atoms with Gasteiger partial charge in [0.2, 0.25) is 5.91 Å². The van der Waals surface area contributed by atoms with Crippen molar-refractivity contribution in [2.75, 3.05) is 40.9 Å². The summed E-state index contributed by atoms with van der Waals surface area (Å²) in [5.74, 6) is -0.173. The lowest BCUT2D eigenvalue weighted by Crippen LogP contribution is -2.45. The molecule has 1 amide bonds. The number of nitrogens with one attached hydrogen (secondary N) is 1. The molecule has 3 unspecified atom stereocenters. The third kappa shape index (κ3) is 43.3. The van der Waals surface area contributed by atoms with Gasteiger partial charge in [0.1, 0.15) is 13.2 Å². The predicted octanol–water partition coefficient (Wildman–Crippen LogP) is 14.3. The molecule has 0 aliphatic carbocycles. The zero-order valence-corrected chi connectivity index (χ0v) is 40.2. The number of unbranched alkanes of at least 4 members (excludes halogenated alkanes) is 33. The lowest BCUT2D eigenvalue weighted by atomic mass is 10.0. The van der Waals surface area contributed by atoms with E-state index in [0.29, 0.717) is 17.4 Å². The number of rotatable bonds is 46. The molecule has 8 nitrogen and oxygen atoms in total. The van der Waals surface area contributed by atoms with Gasteiger partial charge >= 0.3 is 7.82 Å². The van der Waals surface area contributed by atoms with Crippen molar-refractivity contribution >= 4 is 13.7 Å². The molecule has 0 aliphatic heterocycles. The number of likely N-dealkylation sites (N-methyl/N-ethyl adjacent to an activating group) is 1. The number of allylic oxidation sites excluding steroid dienone is 1. The molecule has 0 saturated heterocycles. The number of phosphoric ester groups is 1. The van der Waals surface area contributed by atoms with E-state index in [0.717, 1.165) is 32.1 Å². The molecule has 0 heterocycles. The predicted molar refractivity (Wildman–Crippen MR) is 249 cm³/mol. The molecule has 0 aromatic rings.